The topological polar surface area (TPSA) is 17.1 Å². The third kappa shape index (κ3) is 4.48. The molecule has 0 radical (unpaired) electrons. The number of carbonyl (C=O) groups excluding carboxylic acids is 1. The molecule has 23 heavy (non-hydrogen) atoms. The highest BCUT2D eigenvalue weighted by Gasteiger charge is 2.02. The summed E-state index contributed by atoms with van der Waals surface area (Å²) >= 11 is 0. The molecule has 1 unspecified atom stereocenters. The Labute approximate surface area is 138 Å². The van der Waals surface area contributed by atoms with Gasteiger partial charge in [0.15, 0.2) is 5.78 Å². The van der Waals surface area contributed by atoms with Gasteiger partial charge in [-0.3, -0.25) is 4.79 Å². The quantitative estimate of drug-likeness (QED) is 0.391. The Kier molecular flexibility index (Phi) is 5.13. The fourth-order valence-corrected chi connectivity index (χ4v) is 3.26. The van der Waals surface area contributed by atoms with Gasteiger partial charge in [0.1, 0.15) is 0 Å². The predicted molar refractivity (Wildman–Crippen MR) is 100 cm³/mol. The summed E-state index contributed by atoms with van der Waals surface area (Å²) in [5.41, 5.74) is 1.75. The maximum atomic E-state index is 12.2. The molecule has 1 nitrogen and oxygen atoms in total. The van der Waals surface area contributed by atoms with Crippen molar-refractivity contribution in [2.45, 2.75) is 0 Å². The lowest BCUT2D eigenvalue weighted by molar-refractivity contribution is 0.104. The lowest BCUT2D eigenvalue weighted by Crippen LogP contribution is -2.04. The van der Waals surface area contributed by atoms with Crippen LogP contribution in [0.3, 0.4) is 0 Å². The summed E-state index contributed by atoms with van der Waals surface area (Å²) < 4.78 is 0. The van der Waals surface area contributed by atoms with Gasteiger partial charge in [0.25, 0.3) is 0 Å². The van der Waals surface area contributed by atoms with Gasteiger partial charge in [-0.25, -0.2) is 0 Å². The van der Waals surface area contributed by atoms with E-state index in [-0.39, 0.29) is 5.78 Å². The van der Waals surface area contributed by atoms with Crippen molar-refractivity contribution in [2.24, 2.45) is 0 Å². The molecule has 0 aromatic heterocycles. The Morgan fingerprint density at radius 1 is 0.696 bits per heavy atom. The smallest absolute Gasteiger partial charge is 0.185 e. The fourth-order valence-electron chi connectivity index (χ4n) is 2.24. The normalized spacial score (nSPS) is 11.3. The highest BCUT2D eigenvalue weighted by molar-refractivity contribution is 7.55. The molecular formula is C21H17OP. The number of benzene rings is 3. The number of carbonyl (C=O) groups is 1. The Balaban J connectivity index is 1.67. The number of ketones is 1. The van der Waals surface area contributed by atoms with Crippen LogP contribution in [-0.2, 0) is 0 Å². The molecule has 0 aliphatic rings. The minimum atomic E-state index is 0.0310. The molecule has 0 heterocycles. The van der Waals surface area contributed by atoms with E-state index in [2.05, 4.69) is 24.3 Å². The van der Waals surface area contributed by atoms with Crippen molar-refractivity contribution in [1.82, 2.24) is 0 Å². The first-order valence-electron chi connectivity index (χ1n) is 7.51. The van der Waals surface area contributed by atoms with Crippen molar-refractivity contribution >= 4 is 31.0 Å². The van der Waals surface area contributed by atoms with Gasteiger partial charge < -0.3 is 0 Å². The van der Waals surface area contributed by atoms with Crippen molar-refractivity contribution in [1.29, 1.82) is 0 Å². The average molecular weight is 316 g/mol. The van der Waals surface area contributed by atoms with Gasteiger partial charge in [-0.1, -0.05) is 99.6 Å². The Morgan fingerprint density at radius 2 is 1.26 bits per heavy atom. The second-order valence-corrected chi connectivity index (χ2v) is 6.58. The number of rotatable bonds is 5. The standard InChI is InChI=1S/C21H17OP/c22-21(16-11-17-7-3-1-4-8-17)18-12-14-20(15-13-18)23-19-9-5-2-6-10-19/h1-16,23H. The SMILES string of the molecule is O=C(C=Cc1ccccc1)c1ccc(Pc2ccccc2)cc1. The van der Waals surface area contributed by atoms with Gasteiger partial charge >= 0.3 is 0 Å². The van der Waals surface area contributed by atoms with E-state index < -0.39 is 0 Å². The Morgan fingerprint density at radius 3 is 1.91 bits per heavy atom. The largest absolute Gasteiger partial charge is 0.289 e. The van der Waals surface area contributed by atoms with Gasteiger partial charge in [-0.2, -0.15) is 0 Å². The van der Waals surface area contributed by atoms with Crippen molar-refractivity contribution in [3.05, 3.63) is 102 Å². The van der Waals surface area contributed by atoms with Gasteiger partial charge in [0.2, 0.25) is 0 Å². The highest BCUT2D eigenvalue weighted by Crippen LogP contribution is 2.12. The van der Waals surface area contributed by atoms with Crippen LogP contribution in [0.5, 0.6) is 0 Å². The molecule has 1 atom stereocenters. The lowest BCUT2D eigenvalue weighted by atomic mass is 10.1. The van der Waals surface area contributed by atoms with Crippen molar-refractivity contribution in [3.63, 3.8) is 0 Å². The van der Waals surface area contributed by atoms with Crippen LogP contribution in [0.2, 0.25) is 0 Å². The number of hydrogen-bond donors (Lipinski definition) is 0. The van der Waals surface area contributed by atoms with Crippen LogP contribution in [0, 0.1) is 0 Å². The van der Waals surface area contributed by atoms with Crippen molar-refractivity contribution in [3.8, 4) is 0 Å². The van der Waals surface area contributed by atoms with Crippen LogP contribution < -0.4 is 10.6 Å². The van der Waals surface area contributed by atoms with Gasteiger partial charge in [-0.05, 0) is 22.2 Å². The molecule has 0 aliphatic heterocycles. The zero-order valence-corrected chi connectivity index (χ0v) is 13.6. The maximum Gasteiger partial charge on any atom is 0.185 e. The molecular weight excluding hydrogens is 299 g/mol. The Hall–Kier alpha value is -2.50. The van der Waals surface area contributed by atoms with E-state index in [1.165, 1.54) is 10.6 Å². The molecule has 3 aromatic rings. The molecule has 0 spiro atoms. The van der Waals surface area contributed by atoms with E-state index in [0.717, 1.165) is 11.1 Å². The van der Waals surface area contributed by atoms with Crippen LogP contribution in [0.25, 0.3) is 6.08 Å². The van der Waals surface area contributed by atoms with E-state index in [4.69, 9.17) is 0 Å². The van der Waals surface area contributed by atoms with E-state index in [1.807, 2.05) is 66.7 Å². The minimum Gasteiger partial charge on any atom is -0.289 e. The maximum absolute atomic E-state index is 12.2. The zero-order valence-electron chi connectivity index (χ0n) is 12.6. The fraction of sp³-hybridized carbons (Fsp3) is 0. The molecule has 0 aliphatic carbocycles. The summed E-state index contributed by atoms with van der Waals surface area (Å²) in [4.78, 5) is 12.2. The van der Waals surface area contributed by atoms with Crippen LogP contribution in [0.4, 0.5) is 0 Å². The summed E-state index contributed by atoms with van der Waals surface area (Å²) in [7, 11) is 0.616. The third-order valence-electron chi connectivity index (χ3n) is 3.46. The summed E-state index contributed by atoms with van der Waals surface area (Å²) in [5.74, 6) is 0.0310. The van der Waals surface area contributed by atoms with E-state index >= 15 is 0 Å². The Bertz CT molecular complexity index is 790. The van der Waals surface area contributed by atoms with Gasteiger partial charge in [0.05, 0.1) is 0 Å². The first kappa shape index (κ1) is 15.4. The van der Waals surface area contributed by atoms with Gasteiger partial charge in [-0.15, -0.1) is 0 Å². The van der Waals surface area contributed by atoms with Gasteiger partial charge in [0, 0.05) is 5.56 Å². The second-order valence-electron chi connectivity index (χ2n) is 5.18. The first-order valence-corrected chi connectivity index (χ1v) is 8.51. The monoisotopic (exact) mass is 316 g/mol. The molecule has 0 saturated heterocycles. The molecule has 0 N–H and O–H groups in total. The third-order valence-corrected chi connectivity index (χ3v) is 4.70. The molecule has 3 aromatic carbocycles. The summed E-state index contributed by atoms with van der Waals surface area (Å²) in [6, 6.07) is 28.1. The summed E-state index contributed by atoms with van der Waals surface area (Å²) in [6.45, 7) is 0. The van der Waals surface area contributed by atoms with Crippen LogP contribution in [0.15, 0.2) is 91.0 Å². The van der Waals surface area contributed by atoms with E-state index in [1.54, 1.807) is 6.08 Å². The first-order chi connectivity index (χ1) is 11.3. The molecule has 112 valence electrons. The average Bonchev–Trinajstić information content (AvgIpc) is 2.62. The molecule has 2 heteroatoms. The van der Waals surface area contributed by atoms with Crippen molar-refractivity contribution < 1.29 is 4.79 Å². The predicted octanol–water partition coefficient (Wildman–Crippen LogP) is 4.21. The summed E-state index contributed by atoms with van der Waals surface area (Å²) in [5, 5.41) is 2.54. The lowest BCUT2D eigenvalue weighted by Gasteiger charge is -2.03. The number of allylic oxidation sites excluding steroid dienone is 1. The molecule has 0 saturated carbocycles. The minimum absolute atomic E-state index is 0.0310. The summed E-state index contributed by atoms with van der Waals surface area (Å²) in [6.07, 6.45) is 3.48. The van der Waals surface area contributed by atoms with Crippen LogP contribution >= 0.6 is 8.58 Å². The number of hydrogen-bond acceptors (Lipinski definition) is 1. The van der Waals surface area contributed by atoms with E-state index in [9.17, 15) is 4.79 Å². The molecule has 3 rings (SSSR count). The highest BCUT2D eigenvalue weighted by atomic mass is 31.1. The van der Waals surface area contributed by atoms with Crippen molar-refractivity contribution in [2.75, 3.05) is 0 Å². The zero-order chi connectivity index (χ0) is 15.9. The molecule has 0 fully saturated rings. The molecule has 0 amide bonds. The van der Waals surface area contributed by atoms with Crippen LogP contribution in [0.1, 0.15) is 15.9 Å². The molecule has 0 bridgehead atoms. The van der Waals surface area contributed by atoms with Crippen LogP contribution in [-0.4, -0.2) is 5.78 Å². The second kappa shape index (κ2) is 7.67. The van der Waals surface area contributed by atoms with E-state index in [0.29, 0.717) is 8.58 Å².